The van der Waals surface area contributed by atoms with Crippen molar-refractivity contribution in [3.05, 3.63) is 0 Å². The van der Waals surface area contributed by atoms with Crippen molar-refractivity contribution in [3.8, 4) is 0 Å². The van der Waals surface area contributed by atoms with Crippen molar-refractivity contribution >= 4 is 11.9 Å². The number of rotatable bonds is 8. The van der Waals surface area contributed by atoms with E-state index in [1.165, 1.54) is 0 Å². The molecule has 0 radical (unpaired) electrons. The summed E-state index contributed by atoms with van der Waals surface area (Å²) in [5.74, 6) is -1.33. The van der Waals surface area contributed by atoms with E-state index in [2.05, 4.69) is 0 Å². The summed E-state index contributed by atoms with van der Waals surface area (Å²) in [5, 5.41) is 16.8. The van der Waals surface area contributed by atoms with E-state index in [1.807, 2.05) is 6.92 Å². The second-order valence-electron chi connectivity index (χ2n) is 3.70. The standard InChI is InChI=1S/C10H18O4/c1-8(7-10(13)14)5-3-2-4-6-9(11)12/h8H,2-7H2,1H3,(H,11,12)(H,13,14). The second-order valence-corrected chi connectivity index (χ2v) is 3.70. The lowest BCUT2D eigenvalue weighted by Crippen LogP contribution is -2.04. The molecule has 0 spiro atoms. The molecule has 14 heavy (non-hydrogen) atoms. The Balaban J connectivity index is 3.27. The maximum absolute atomic E-state index is 10.3. The molecule has 0 rings (SSSR count). The van der Waals surface area contributed by atoms with E-state index in [0.29, 0.717) is 6.42 Å². The van der Waals surface area contributed by atoms with Crippen molar-refractivity contribution in [2.45, 2.75) is 45.4 Å². The van der Waals surface area contributed by atoms with Crippen LogP contribution in [0.3, 0.4) is 0 Å². The highest BCUT2D eigenvalue weighted by Crippen LogP contribution is 2.13. The Morgan fingerprint density at radius 3 is 2.21 bits per heavy atom. The third-order valence-electron chi connectivity index (χ3n) is 2.11. The van der Waals surface area contributed by atoms with Crippen molar-refractivity contribution in [1.82, 2.24) is 0 Å². The fourth-order valence-corrected chi connectivity index (χ4v) is 1.35. The van der Waals surface area contributed by atoms with E-state index in [1.54, 1.807) is 0 Å². The van der Waals surface area contributed by atoms with Gasteiger partial charge in [-0.3, -0.25) is 9.59 Å². The van der Waals surface area contributed by atoms with Gasteiger partial charge in [0.1, 0.15) is 0 Å². The molecule has 0 saturated carbocycles. The first kappa shape index (κ1) is 12.9. The van der Waals surface area contributed by atoms with Crippen molar-refractivity contribution in [1.29, 1.82) is 0 Å². The highest BCUT2D eigenvalue weighted by atomic mass is 16.4. The summed E-state index contributed by atoms with van der Waals surface area (Å²) in [4.78, 5) is 20.5. The monoisotopic (exact) mass is 202 g/mol. The first-order valence-electron chi connectivity index (χ1n) is 4.96. The third-order valence-corrected chi connectivity index (χ3v) is 2.11. The second kappa shape index (κ2) is 7.35. The number of carboxylic acid groups (broad SMARTS) is 2. The van der Waals surface area contributed by atoms with Crippen LogP contribution in [-0.2, 0) is 9.59 Å². The summed E-state index contributed by atoms with van der Waals surface area (Å²) in [6.07, 6.45) is 3.77. The number of carboxylic acids is 2. The minimum absolute atomic E-state index is 0.192. The van der Waals surface area contributed by atoms with Gasteiger partial charge in [0.25, 0.3) is 0 Å². The first-order chi connectivity index (χ1) is 6.52. The average Bonchev–Trinajstić information content (AvgIpc) is 2.01. The van der Waals surface area contributed by atoms with Gasteiger partial charge in [-0.15, -0.1) is 0 Å². The van der Waals surface area contributed by atoms with Gasteiger partial charge in [-0.2, -0.15) is 0 Å². The lowest BCUT2D eigenvalue weighted by Gasteiger charge is -2.07. The van der Waals surface area contributed by atoms with Crippen LogP contribution in [0, 0.1) is 5.92 Å². The van der Waals surface area contributed by atoms with Gasteiger partial charge in [-0.05, 0) is 12.3 Å². The summed E-state index contributed by atoms with van der Waals surface area (Å²) in [6, 6.07) is 0. The van der Waals surface area contributed by atoms with Gasteiger partial charge >= 0.3 is 11.9 Å². The zero-order valence-corrected chi connectivity index (χ0v) is 8.53. The largest absolute Gasteiger partial charge is 0.481 e. The Labute approximate surface area is 83.9 Å². The van der Waals surface area contributed by atoms with Gasteiger partial charge in [0.05, 0.1) is 0 Å². The van der Waals surface area contributed by atoms with E-state index in [0.717, 1.165) is 19.3 Å². The van der Waals surface area contributed by atoms with Crippen LogP contribution in [0.25, 0.3) is 0 Å². The van der Waals surface area contributed by atoms with Crippen molar-refractivity contribution in [3.63, 3.8) is 0 Å². The topological polar surface area (TPSA) is 74.6 Å². The molecule has 0 aromatic rings. The molecule has 4 heteroatoms. The summed E-state index contributed by atoms with van der Waals surface area (Å²) in [5.41, 5.74) is 0. The van der Waals surface area contributed by atoms with Crippen LogP contribution in [0.5, 0.6) is 0 Å². The highest BCUT2D eigenvalue weighted by Gasteiger charge is 2.06. The molecule has 0 aromatic carbocycles. The first-order valence-corrected chi connectivity index (χ1v) is 4.96. The summed E-state index contributed by atoms with van der Waals surface area (Å²) in [7, 11) is 0. The Bertz CT molecular complexity index is 189. The molecule has 0 heterocycles. The van der Waals surface area contributed by atoms with Gasteiger partial charge in [0.15, 0.2) is 0 Å². The number of hydrogen-bond acceptors (Lipinski definition) is 2. The molecule has 0 bridgehead atoms. The lowest BCUT2D eigenvalue weighted by atomic mass is 9.99. The van der Waals surface area contributed by atoms with Gasteiger partial charge in [0, 0.05) is 12.8 Å². The molecule has 0 aliphatic carbocycles. The number of unbranched alkanes of at least 4 members (excludes halogenated alkanes) is 2. The molecular formula is C10H18O4. The molecular weight excluding hydrogens is 184 g/mol. The Morgan fingerprint density at radius 2 is 1.71 bits per heavy atom. The Kier molecular flexibility index (Phi) is 6.80. The summed E-state index contributed by atoms with van der Waals surface area (Å²) < 4.78 is 0. The molecule has 0 amide bonds. The minimum Gasteiger partial charge on any atom is -0.481 e. The smallest absolute Gasteiger partial charge is 0.303 e. The molecule has 0 fully saturated rings. The van der Waals surface area contributed by atoms with Crippen molar-refractivity contribution < 1.29 is 19.8 Å². The SMILES string of the molecule is CC(CCCCCC(=O)O)CC(=O)O. The van der Waals surface area contributed by atoms with E-state index < -0.39 is 11.9 Å². The van der Waals surface area contributed by atoms with Crippen LogP contribution < -0.4 is 0 Å². The molecule has 0 aliphatic rings. The van der Waals surface area contributed by atoms with Gasteiger partial charge < -0.3 is 10.2 Å². The van der Waals surface area contributed by atoms with Gasteiger partial charge in [-0.25, -0.2) is 0 Å². The van der Waals surface area contributed by atoms with Gasteiger partial charge in [-0.1, -0.05) is 26.2 Å². The molecule has 0 aromatic heterocycles. The molecule has 1 atom stereocenters. The summed E-state index contributed by atoms with van der Waals surface area (Å²) >= 11 is 0. The quantitative estimate of drug-likeness (QED) is 0.591. The summed E-state index contributed by atoms with van der Waals surface area (Å²) in [6.45, 7) is 1.91. The van der Waals surface area contributed by atoms with Crippen LogP contribution in [0.15, 0.2) is 0 Å². The van der Waals surface area contributed by atoms with Crippen LogP contribution >= 0.6 is 0 Å². The van der Waals surface area contributed by atoms with Gasteiger partial charge in [0.2, 0.25) is 0 Å². The Hall–Kier alpha value is -1.06. The zero-order valence-electron chi connectivity index (χ0n) is 8.53. The molecule has 4 nitrogen and oxygen atoms in total. The van der Waals surface area contributed by atoms with E-state index in [-0.39, 0.29) is 18.8 Å². The van der Waals surface area contributed by atoms with Crippen molar-refractivity contribution in [2.75, 3.05) is 0 Å². The fraction of sp³-hybridized carbons (Fsp3) is 0.800. The average molecular weight is 202 g/mol. The predicted octanol–water partition coefficient (Wildman–Crippen LogP) is 2.13. The van der Waals surface area contributed by atoms with E-state index >= 15 is 0 Å². The molecule has 0 saturated heterocycles. The Morgan fingerprint density at radius 1 is 1.07 bits per heavy atom. The van der Waals surface area contributed by atoms with E-state index in [4.69, 9.17) is 10.2 Å². The van der Waals surface area contributed by atoms with Crippen LogP contribution in [0.4, 0.5) is 0 Å². The van der Waals surface area contributed by atoms with Crippen LogP contribution in [-0.4, -0.2) is 22.2 Å². The lowest BCUT2D eigenvalue weighted by molar-refractivity contribution is -0.138. The zero-order chi connectivity index (χ0) is 11.0. The number of carbonyl (C=O) groups is 2. The number of aliphatic carboxylic acids is 2. The maximum atomic E-state index is 10.3. The molecule has 2 N–H and O–H groups in total. The van der Waals surface area contributed by atoms with Crippen molar-refractivity contribution in [2.24, 2.45) is 5.92 Å². The number of hydrogen-bond donors (Lipinski definition) is 2. The molecule has 1 unspecified atom stereocenters. The third kappa shape index (κ3) is 9.03. The minimum atomic E-state index is -0.761. The fourth-order valence-electron chi connectivity index (χ4n) is 1.35. The predicted molar refractivity (Wildman–Crippen MR) is 52.1 cm³/mol. The van der Waals surface area contributed by atoms with Crippen LogP contribution in [0.1, 0.15) is 45.4 Å². The van der Waals surface area contributed by atoms with Crippen LogP contribution in [0.2, 0.25) is 0 Å². The maximum Gasteiger partial charge on any atom is 0.303 e. The molecule has 82 valence electrons. The molecule has 0 aliphatic heterocycles. The highest BCUT2D eigenvalue weighted by molar-refractivity contribution is 5.67. The normalized spacial score (nSPS) is 12.4. The van der Waals surface area contributed by atoms with E-state index in [9.17, 15) is 9.59 Å².